The Morgan fingerprint density at radius 2 is 1.93 bits per heavy atom. The Hall–Kier alpha value is -2.74. The summed E-state index contributed by atoms with van der Waals surface area (Å²) in [5.74, 6) is -0.0178. The zero-order valence-corrected chi connectivity index (χ0v) is 17.8. The number of piperazine rings is 1. The molecule has 0 radical (unpaired) electrons. The monoisotopic (exact) mass is 426 g/mol. The standard InChI is InChI=1S/C22H25ClN6O/c1-17-3-2-4-18(11-17)13-27-7-9-28(10-8-27)14-22(30)26-20-12-19(23)5-6-21(20)29-16-24-15-25-29/h2-6,11-12,15-16H,7-10,13-14H2,1H3,(H,26,30)/p+2. The molecule has 7 nitrogen and oxygen atoms in total. The zero-order valence-electron chi connectivity index (χ0n) is 17.1. The first-order valence-electron chi connectivity index (χ1n) is 10.2. The highest BCUT2D eigenvalue weighted by molar-refractivity contribution is 6.31. The molecule has 0 unspecified atom stereocenters. The van der Waals surface area contributed by atoms with Crippen LogP contribution < -0.4 is 15.1 Å². The van der Waals surface area contributed by atoms with Crippen LogP contribution in [0.4, 0.5) is 5.69 Å². The third kappa shape index (κ3) is 5.24. The number of carbonyl (C=O) groups is 1. The fourth-order valence-corrected chi connectivity index (χ4v) is 4.16. The van der Waals surface area contributed by atoms with Gasteiger partial charge < -0.3 is 15.1 Å². The van der Waals surface area contributed by atoms with E-state index in [4.69, 9.17) is 11.6 Å². The van der Waals surface area contributed by atoms with E-state index in [0.29, 0.717) is 17.3 Å². The molecule has 1 aliphatic rings. The van der Waals surface area contributed by atoms with Crippen LogP contribution in [0.2, 0.25) is 5.02 Å². The summed E-state index contributed by atoms with van der Waals surface area (Å²) in [5.41, 5.74) is 4.07. The molecular formula is C22H27ClN6O+2. The van der Waals surface area contributed by atoms with Crippen molar-refractivity contribution in [3.63, 3.8) is 0 Å². The lowest BCUT2D eigenvalue weighted by atomic mass is 10.1. The van der Waals surface area contributed by atoms with Crippen molar-refractivity contribution in [1.82, 2.24) is 14.8 Å². The quantitative estimate of drug-likeness (QED) is 0.525. The molecule has 30 heavy (non-hydrogen) atoms. The van der Waals surface area contributed by atoms with Crippen LogP contribution in [0.5, 0.6) is 0 Å². The fourth-order valence-electron chi connectivity index (χ4n) is 3.98. The second-order valence-electron chi connectivity index (χ2n) is 7.89. The molecule has 0 atom stereocenters. The number of aryl methyl sites for hydroxylation is 1. The number of halogens is 1. The van der Waals surface area contributed by atoms with Gasteiger partial charge in [0, 0.05) is 10.6 Å². The van der Waals surface area contributed by atoms with Gasteiger partial charge in [0.2, 0.25) is 0 Å². The highest BCUT2D eigenvalue weighted by Gasteiger charge is 2.25. The zero-order chi connectivity index (χ0) is 20.9. The van der Waals surface area contributed by atoms with Crippen molar-refractivity contribution in [3.05, 3.63) is 71.3 Å². The summed E-state index contributed by atoms with van der Waals surface area (Å²) in [6.07, 6.45) is 3.06. The van der Waals surface area contributed by atoms with E-state index in [2.05, 4.69) is 46.6 Å². The van der Waals surface area contributed by atoms with Gasteiger partial charge in [-0.05, 0) is 25.1 Å². The van der Waals surface area contributed by atoms with Crippen LogP contribution in [-0.4, -0.2) is 53.4 Å². The predicted molar refractivity (Wildman–Crippen MR) is 116 cm³/mol. The molecule has 2 heterocycles. The molecule has 0 spiro atoms. The van der Waals surface area contributed by atoms with E-state index >= 15 is 0 Å². The van der Waals surface area contributed by atoms with Crippen LogP contribution in [0.3, 0.4) is 0 Å². The number of hydrogen-bond donors (Lipinski definition) is 3. The molecule has 1 fully saturated rings. The van der Waals surface area contributed by atoms with E-state index in [9.17, 15) is 4.79 Å². The summed E-state index contributed by atoms with van der Waals surface area (Å²) in [5, 5.41) is 7.72. The Labute approximate surface area is 181 Å². The van der Waals surface area contributed by atoms with E-state index in [1.54, 1.807) is 28.0 Å². The third-order valence-electron chi connectivity index (χ3n) is 5.51. The Morgan fingerprint density at radius 1 is 1.13 bits per heavy atom. The van der Waals surface area contributed by atoms with Crippen molar-refractivity contribution in [2.45, 2.75) is 13.5 Å². The van der Waals surface area contributed by atoms with Gasteiger partial charge >= 0.3 is 0 Å². The van der Waals surface area contributed by atoms with Gasteiger partial charge in [0.25, 0.3) is 5.91 Å². The first-order chi connectivity index (χ1) is 14.6. The highest BCUT2D eigenvalue weighted by Crippen LogP contribution is 2.23. The number of rotatable bonds is 6. The summed E-state index contributed by atoms with van der Waals surface area (Å²) in [6, 6.07) is 14.1. The molecular weight excluding hydrogens is 400 g/mol. The van der Waals surface area contributed by atoms with Crippen molar-refractivity contribution in [2.75, 3.05) is 38.0 Å². The summed E-state index contributed by atoms with van der Waals surface area (Å²) >= 11 is 6.14. The van der Waals surface area contributed by atoms with Crippen LogP contribution >= 0.6 is 11.6 Å². The maximum atomic E-state index is 12.7. The van der Waals surface area contributed by atoms with Gasteiger partial charge in [-0.1, -0.05) is 41.4 Å². The number of carbonyl (C=O) groups excluding carboxylic acids is 1. The number of nitrogens with zero attached hydrogens (tertiary/aromatic N) is 3. The van der Waals surface area contributed by atoms with E-state index in [-0.39, 0.29) is 5.91 Å². The Bertz CT molecular complexity index is 999. The van der Waals surface area contributed by atoms with E-state index in [0.717, 1.165) is 38.4 Å². The van der Waals surface area contributed by atoms with Crippen molar-refractivity contribution < 1.29 is 14.6 Å². The number of aromatic nitrogens is 3. The second kappa shape index (κ2) is 9.38. The van der Waals surface area contributed by atoms with Crippen LogP contribution in [0.1, 0.15) is 11.1 Å². The lowest BCUT2D eigenvalue weighted by molar-refractivity contribution is -1.02. The number of nitrogens with one attached hydrogen (secondary N) is 3. The molecule has 0 aliphatic carbocycles. The highest BCUT2D eigenvalue weighted by atomic mass is 35.5. The lowest BCUT2D eigenvalue weighted by Gasteiger charge is -2.29. The van der Waals surface area contributed by atoms with Gasteiger partial charge in [-0.25, -0.2) is 9.67 Å². The second-order valence-corrected chi connectivity index (χ2v) is 8.33. The third-order valence-corrected chi connectivity index (χ3v) is 5.74. The smallest absolute Gasteiger partial charge is 0.279 e. The van der Waals surface area contributed by atoms with Crippen molar-refractivity contribution in [2.24, 2.45) is 0 Å². The predicted octanol–water partition coefficient (Wildman–Crippen LogP) is 0.151. The van der Waals surface area contributed by atoms with Crippen molar-refractivity contribution >= 4 is 23.2 Å². The molecule has 1 amide bonds. The largest absolute Gasteiger partial charge is 0.322 e. The maximum absolute atomic E-state index is 12.7. The van der Waals surface area contributed by atoms with Gasteiger partial charge in [-0.15, -0.1) is 0 Å². The molecule has 1 aromatic heterocycles. The first kappa shape index (κ1) is 20.5. The van der Waals surface area contributed by atoms with Gasteiger partial charge in [0.15, 0.2) is 6.54 Å². The Balaban J connectivity index is 1.31. The normalized spacial score (nSPS) is 18.9. The molecule has 3 N–H and O–H groups in total. The van der Waals surface area contributed by atoms with Gasteiger partial charge in [-0.2, -0.15) is 5.10 Å². The van der Waals surface area contributed by atoms with Crippen LogP contribution in [0.15, 0.2) is 55.1 Å². The van der Waals surface area contributed by atoms with Crippen LogP contribution in [0, 0.1) is 6.92 Å². The first-order valence-corrected chi connectivity index (χ1v) is 10.6. The van der Waals surface area contributed by atoms with E-state index < -0.39 is 0 Å². The Kier molecular flexibility index (Phi) is 6.42. The SMILES string of the molecule is Cc1cccc(C[NH+]2CC[NH+](CC(=O)Nc3cc(Cl)ccc3-n3cncn3)CC2)c1. The summed E-state index contributed by atoms with van der Waals surface area (Å²) in [6.45, 7) is 7.73. The molecule has 156 valence electrons. The summed E-state index contributed by atoms with van der Waals surface area (Å²) < 4.78 is 1.62. The fraction of sp³-hybridized carbons (Fsp3) is 0.318. The number of amides is 1. The van der Waals surface area contributed by atoms with Gasteiger partial charge in [0.05, 0.1) is 11.4 Å². The summed E-state index contributed by atoms with van der Waals surface area (Å²) in [7, 11) is 0. The number of hydrogen-bond acceptors (Lipinski definition) is 3. The van der Waals surface area contributed by atoms with Gasteiger partial charge in [0.1, 0.15) is 45.4 Å². The minimum Gasteiger partial charge on any atom is -0.322 e. The molecule has 3 aromatic rings. The molecule has 0 saturated carbocycles. The minimum atomic E-state index is -0.0178. The average Bonchev–Trinajstić information content (AvgIpc) is 3.24. The minimum absolute atomic E-state index is 0.0178. The maximum Gasteiger partial charge on any atom is 0.279 e. The van der Waals surface area contributed by atoms with Crippen LogP contribution in [-0.2, 0) is 11.3 Å². The average molecular weight is 427 g/mol. The topological polar surface area (TPSA) is 68.7 Å². The number of anilines is 1. The molecule has 4 rings (SSSR count). The lowest BCUT2D eigenvalue weighted by Crippen LogP contribution is -3.28. The van der Waals surface area contributed by atoms with Crippen molar-refractivity contribution in [1.29, 1.82) is 0 Å². The van der Waals surface area contributed by atoms with Crippen LogP contribution in [0.25, 0.3) is 5.69 Å². The van der Waals surface area contributed by atoms with Crippen molar-refractivity contribution in [3.8, 4) is 5.69 Å². The molecule has 1 saturated heterocycles. The molecule has 8 heteroatoms. The number of benzene rings is 2. The summed E-state index contributed by atoms with van der Waals surface area (Å²) in [4.78, 5) is 19.6. The van der Waals surface area contributed by atoms with E-state index in [1.807, 2.05) is 6.07 Å². The Morgan fingerprint density at radius 3 is 2.67 bits per heavy atom. The molecule has 0 bridgehead atoms. The van der Waals surface area contributed by atoms with Gasteiger partial charge in [-0.3, -0.25) is 4.79 Å². The molecule has 1 aliphatic heterocycles. The number of quaternary nitrogens is 2. The van der Waals surface area contributed by atoms with E-state index in [1.165, 1.54) is 22.4 Å². The molecule has 2 aromatic carbocycles.